The van der Waals surface area contributed by atoms with Gasteiger partial charge in [0.25, 0.3) is 0 Å². The molecule has 0 saturated carbocycles. The molecule has 0 aliphatic rings. The summed E-state index contributed by atoms with van der Waals surface area (Å²) in [7, 11) is 4.81. The third kappa shape index (κ3) is 10.0. The number of nitrogens with zero attached hydrogens (tertiary/aromatic N) is 3. The molecular formula is C31H42N4O5S. The molecule has 0 saturated heterocycles. The molecule has 0 fully saturated rings. The van der Waals surface area contributed by atoms with Crippen LogP contribution in [-0.4, -0.2) is 61.3 Å². The lowest BCUT2D eigenvalue weighted by Crippen LogP contribution is -2.36. The number of hydrogen-bond donors (Lipinski definition) is 1. The number of carbonyl (C=O) groups excluding carboxylic acids is 2. The van der Waals surface area contributed by atoms with Crippen molar-refractivity contribution in [1.29, 1.82) is 0 Å². The number of aromatic nitrogens is 2. The van der Waals surface area contributed by atoms with Crippen LogP contribution in [0.4, 0.5) is 5.13 Å². The van der Waals surface area contributed by atoms with E-state index in [9.17, 15) is 9.59 Å². The molecule has 0 radical (unpaired) electrons. The number of hydrogen-bond acceptors (Lipinski definition) is 8. The summed E-state index contributed by atoms with van der Waals surface area (Å²) in [6, 6.07) is 13.3. The fourth-order valence-electron chi connectivity index (χ4n) is 4.77. The van der Waals surface area contributed by atoms with Gasteiger partial charge in [0.2, 0.25) is 16.9 Å². The second-order valence-electron chi connectivity index (χ2n) is 11.3. The third-order valence-electron chi connectivity index (χ3n) is 6.55. The minimum absolute atomic E-state index is 0.0475. The number of nitrogens with one attached hydrogen (secondary N) is 1. The van der Waals surface area contributed by atoms with E-state index in [4.69, 9.17) is 14.2 Å². The van der Waals surface area contributed by atoms with Crippen molar-refractivity contribution in [3.63, 3.8) is 0 Å². The molecule has 0 aliphatic heterocycles. The molecule has 2 amide bonds. The molecule has 10 heteroatoms. The highest BCUT2D eigenvalue weighted by molar-refractivity contribution is 7.18. The Hall–Kier alpha value is -3.66. The average molecular weight is 583 g/mol. The zero-order valence-corrected chi connectivity index (χ0v) is 26.0. The van der Waals surface area contributed by atoms with Crippen molar-refractivity contribution in [2.75, 3.05) is 39.7 Å². The first-order valence-corrected chi connectivity index (χ1v) is 14.6. The maximum Gasteiger partial charge on any atom is 0.227 e. The van der Waals surface area contributed by atoms with E-state index in [0.29, 0.717) is 47.6 Å². The van der Waals surface area contributed by atoms with E-state index in [-0.39, 0.29) is 29.6 Å². The van der Waals surface area contributed by atoms with E-state index in [1.807, 2.05) is 42.5 Å². The summed E-state index contributed by atoms with van der Waals surface area (Å²) in [5.74, 6) is 2.08. The highest BCUT2D eigenvalue weighted by Gasteiger charge is 2.22. The molecule has 3 aromatic rings. The monoisotopic (exact) mass is 582 g/mol. The molecule has 0 aliphatic carbocycles. The average Bonchev–Trinajstić information content (AvgIpc) is 3.40. The lowest BCUT2D eigenvalue weighted by atomic mass is 9.84. The van der Waals surface area contributed by atoms with Gasteiger partial charge in [-0.15, -0.1) is 10.2 Å². The fourth-order valence-corrected chi connectivity index (χ4v) is 5.53. The molecular weight excluding hydrogens is 540 g/mol. The molecule has 41 heavy (non-hydrogen) atoms. The number of amides is 2. The fraction of sp³-hybridized carbons (Fsp3) is 0.484. The van der Waals surface area contributed by atoms with Crippen molar-refractivity contribution in [3.05, 3.63) is 48.0 Å². The first-order chi connectivity index (χ1) is 19.5. The van der Waals surface area contributed by atoms with E-state index in [2.05, 4.69) is 43.2 Å². The zero-order chi connectivity index (χ0) is 30.0. The van der Waals surface area contributed by atoms with Crippen LogP contribution in [0.5, 0.6) is 17.2 Å². The van der Waals surface area contributed by atoms with E-state index < -0.39 is 0 Å². The lowest BCUT2D eigenvalue weighted by molar-refractivity contribution is -0.132. The quantitative estimate of drug-likeness (QED) is 0.245. The number of benzene rings is 2. The largest absolute Gasteiger partial charge is 0.497 e. The summed E-state index contributed by atoms with van der Waals surface area (Å²) in [4.78, 5) is 28.0. The van der Waals surface area contributed by atoms with Crippen LogP contribution in [0, 0.1) is 11.3 Å². The SMILES string of the molecule is COc1cccc(-c2nnc(NC(=O)CCN(CCc3ccc(OC)c(OC)c3)C(=O)CC(C)CC(C)(C)C)s2)c1. The van der Waals surface area contributed by atoms with Gasteiger partial charge in [-0.1, -0.05) is 57.2 Å². The van der Waals surface area contributed by atoms with Gasteiger partial charge in [-0.3, -0.25) is 9.59 Å². The lowest BCUT2D eigenvalue weighted by Gasteiger charge is -2.27. The maximum atomic E-state index is 13.4. The summed E-state index contributed by atoms with van der Waals surface area (Å²) in [6.07, 6.45) is 2.15. The van der Waals surface area contributed by atoms with Crippen molar-refractivity contribution >= 4 is 28.3 Å². The number of methoxy groups -OCH3 is 3. The Bertz CT molecular complexity index is 1300. The van der Waals surface area contributed by atoms with Crippen LogP contribution in [0.2, 0.25) is 0 Å². The summed E-state index contributed by atoms with van der Waals surface area (Å²) < 4.78 is 16.1. The van der Waals surface area contributed by atoms with E-state index >= 15 is 0 Å². The summed E-state index contributed by atoms with van der Waals surface area (Å²) in [5, 5.41) is 12.3. The third-order valence-corrected chi connectivity index (χ3v) is 7.44. The Labute approximate surface area is 247 Å². The van der Waals surface area contributed by atoms with Crippen LogP contribution in [0.1, 0.15) is 52.5 Å². The number of rotatable bonds is 14. The molecule has 3 rings (SSSR count). The molecule has 1 heterocycles. The van der Waals surface area contributed by atoms with Crippen molar-refractivity contribution < 1.29 is 23.8 Å². The standard InChI is InChI=1S/C31H42N4O5S/c1-21(20-31(2,3)4)17-28(37)35(15-13-22-11-12-25(39-6)26(18-22)40-7)16-14-27(36)32-30-34-33-29(41-30)23-9-8-10-24(19-23)38-5/h8-12,18-19,21H,13-17,20H2,1-7H3,(H,32,34,36). The van der Waals surface area contributed by atoms with E-state index in [0.717, 1.165) is 23.3 Å². The number of carbonyl (C=O) groups is 2. The predicted octanol–water partition coefficient (Wildman–Crippen LogP) is 6.09. The van der Waals surface area contributed by atoms with Crippen LogP contribution < -0.4 is 19.5 Å². The Balaban J connectivity index is 1.64. The zero-order valence-electron chi connectivity index (χ0n) is 25.2. The number of anilines is 1. The number of ether oxygens (including phenoxy) is 3. The summed E-state index contributed by atoms with van der Waals surface area (Å²) in [6.45, 7) is 9.45. The minimum Gasteiger partial charge on any atom is -0.497 e. The van der Waals surface area contributed by atoms with Crippen LogP contribution in [-0.2, 0) is 16.0 Å². The van der Waals surface area contributed by atoms with Gasteiger partial charge in [0.1, 0.15) is 10.8 Å². The van der Waals surface area contributed by atoms with Gasteiger partial charge in [-0.2, -0.15) is 0 Å². The normalized spacial score (nSPS) is 12.0. The molecule has 1 aromatic heterocycles. The van der Waals surface area contributed by atoms with Crippen LogP contribution in [0.25, 0.3) is 10.6 Å². The molecule has 1 atom stereocenters. The highest BCUT2D eigenvalue weighted by atomic mass is 32.1. The van der Waals surface area contributed by atoms with Gasteiger partial charge in [0.05, 0.1) is 21.3 Å². The molecule has 2 aromatic carbocycles. The molecule has 0 bridgehead atoms. The van der Waals surface area contributed by atoms with Gasteiger partial charge < -0.3 is 24.4 Å². The van der Waals surface area contributed by atoms with Crippen molar-refractivity contribution in [1.82, 2.24) is 15.1 Å². The first-order valence-electron chi connectivity index (χ1n) is 13.8. The molecule has 1 unspecified atom stereocenters. The van der Waals surface area contributed by atoms with Crippen molar-refractivity contribution in [2.45, 2.75) is 53.4 Å². The minimum atomic E-state index is -0.218. The highest BCUT2D eigenvalue weighted by Crippen LogP contribution is 2.30. The van der Waals surface area contributed by atoms with Crippen LogP contribution in [0.15, 0.2) is 42.5 Å². The van der Waals surface area contributed by atoms with E-state index in [1.165, 1.54) is 11.3 Å². The van der Waals surface area contributed by atoms with Crippen molar-refractivity contribution in [2.24, 2.45) is 11.3 Å². The first kappa shape index (κ1) is 31.9. The second-order valence-corrected chi connectivity index (χ2v) is 12.3. The summed E-state index contributed by atoms with van der Waals surface area (Å²) in [5.41, 5.74) is 2.01. The topological polar surface area (TPSA) is 103 Å². The van der Waals surface area contributed by atoms with Gasteiger partial charge in [0.15, 0.2) is 11.5 Å². The smallest absolute Gasteiger partial charge is 0.227 e. The van der Waals surface area contributed by atoms with Crippen LogP contribution >= 0.6 is 11.3 Å². The van der Waals surface area contributed by atoms with Gasteiger partial charge in [0, 0.05) is 31.5 Å². The Morgan fingerprint density at radius 3 is 2.41 bits per heavy atom. The Morgan fingerprint density at radius 2 is 1.73 bits per heavy atom. The van der Waals surface area contributed by atoms with Crippen LogP contribution in [0.3, 0.4) is 0 Å². The van der Waals surface area contributed by atoms with Gasteiger partial charge in [-0.05, 0) is 54.0 Å². The van der Waals surface area contributed by atoms with E-state index in [1.54, 1.807) is 26.2 Å². The second kappa shape index (κ2) is 14.8. The Kier molecular flexibility index (Phi) is 11.5. The van der Waals surface area contributed by atoms with Crippen molar-refractivity contribution in [3.8, 4) is 27.8 Å². The van der Waals surface area contributed by atoms with Gasteiger partial charge in [-0.25, -0.2) is 0 Å². The molecule has 9 nitrogen and oxygen atoms in total. The molecule has 0 spiro atoms. The molecule has 1 N–H and O–H groups in total. The van der Waals surface area contributed by atoms with Gasteiger partial charge >= 0.3 is 0 Å². The maximum absolute atomic E-state index is 13.4. The molecule has 222 valence electrons. The Morgan fingerprint density at radius 1 is 0.976 bits per heavy atom. The predicted molar refractivity (Wildman–Crippen MR) is 163 cm³/mol. The summed E-state index contributed by atoms with van der Waals surface area (Å²) >= 11 is 1.29.